The molecule has 0 aliphatic carbocycles. The monoisotopic (exact) mass is 391 g/mol. The van der Waals surface area contributed by atoms with Crippen LogP contribution < -0.4 is 5.73 Å². The van der Waals surface area contributed by atoms with Gasteiger partial charge < -0.3 is 5.73 Å². The summed E-state index contributed by atoms with van der Waals surface area (Å²) in [7, 11) is 0. The van der Waals surface area contributed by atoms with Crippen molar-refractivity contribution in [3.05, 3.63) is 67.3 Å². The molecule has 1 atom stereocenters. The lowest BCUT2D eigenvalue weighted by molar-refractivity contribution is 0.593. The fourth-order valence-electron chi connectivity index (χ4n) is 1.69. The highest BCUT2D eigenvalue weighted by atomic mass is 79.9. The van der Waals surface area contributed by atoms with Crippen molar-refractivity contribution in [3.63, 3.8) is 0 Å². The Labute approximate surface area is 126 Å². The number of hydrogen-bond acceptors (Lipinski definition) is 1. The highest BCUT2D eigenvalue weighted by molar-refractivity contribution is 9.10. The van der Waals surface area contributed by atoms with Gasteiger partial charge in [-0.25, -0.2) is 4.39 Å². The molecule has 0 radical (unpaired) electrons. The van der Waals surface area contributed by atoms with Crippen LogP contribution in [0, 0.1) is 5.82 Å². The molecule has 2 N–H and O–H groups in total. The van der Waals surface area contributed by atoms with Gasteiger partial charge in [-0.1, -0.05) is 35.9 Å². The van der Waals surface area contributed by atoms with E-state index in [9.17, 15) is 4.39 Å². The maximum Gasteiger partial charge on any atom is 0.142 e. The molecule has 0 saturated carbocycles. The molecular weight excluding hydrogens is 384 g/mol. The van der Waals surface area contributed by atoms with E-state index in [1.807, 2.05) is 12.1 Å². The molecule has 0 heterocycles. The first-order chi connectivity index (χ1) is 8.52. The SMILES string of the molecule is NC(c1cccc(Br)c1F)c1cccc(Br)c1Cl. The van der Waals surface area contributed by atoms with Gasteiger partial charge in [-0.2, -0.15) is 0 Å². The molecular formula is C13H9Br2ClFN. The van der Waals surface area contributed by atoms with E-state index >= 15 is 0 Å². The average Bonchev–Trinajstić information content (AvgIpc) is 2.35. The largest absolute Gasteiger partial charge is 0.320 e. The predicted molar refractivity (Wildman–Crippen MR) is 79.3 cm³/mol. The van der Waals surface area contributed by atoms with Crippen LogP contribution >= 0.6 is 43.5 Å². The molecule has 18 heavy (non-hydrogen) atoms. The van der Waals surface area contributed by atoms with Gasteiger partial charge in [0.25, 0.3) is 0 Å². The van der Waals surface area contributed by atoms with Crippen molar-refractivity contribution in [1.29, 1.82) is 0 Å². The van der Waals surface area contributed by atoms with Gasteiger partial charge in [0.2, 0.25) is 0 Å². The Bertz CT molecular complexity index is 538. The number of hydrogen-bond donors (Lipinski definition) is 1. The van der Waals surface area contributed by atoms with E-state index in [-0.39, 0.29) is 5.82 Å². The number of rotatable bonds is 2. The molecule has 5 heteroatoms. The van der Waals surface area contributed by atoms with Gasteiger partial charge >= 0.3 is 0 Å². The lowest BCUT2D eigenvalue weighted by Crippen LogP contribution is -2.14. The fourth-order valence-corrected chi connectivity index (χ4v) is 2.70. The second-order valence-electron chi connectivity index (χ2n) is 3.76. The van der Waals surface area contributed by atoms with Crippen LogP contribution in [0.3, 0.4) is 0 Å². The number of nitrogens with two attached hydrogens (primary N) is 1. The summed E-state index contributed by atoms with van der Waals surface area (Å²) in [4.78, 5) is 0. The van der Waals surface area contributed by atoms with Crippen LogP contribution in [0.25, 0.3) is 0 Å². The first kappa shape index (κ1) is 14.0. The predicted octanol–water partition coefficient (Wildman–Crippen LogP) is 5.05. The first-order valence-corrected chi connectivity index (χ1v) is 7.12. The lowest BCUT2D eigenvalue weighted by Gasteiger charge is -2.16. The zero-order valence-electron chi connectivity index (χ0n) is 9.13. The van der Waals surface area contributed by atoms with Crippen molar-refractivity contribution in [2.45, 2.75) is 6.04 Å². The molecule has 0 saturated heterocycles. The average molecular weight is 393 g/mol. The molecule has 0 spiro atoms. The molecule has 0 aromatic heterocycles. The quantitative estimate of drug-likeness (QED) is 0.759. The third-order valence-corrected chi connectivity index (χ3v) is 4.56. The fraction of sp³-hybridized carbons (Fsp3) is 0.0769. The first-order valence-electron chi connectivity index (χ1n) is 5.15. The normalized spacial score (nSPS) is 12.5. The van der Waals surface area contributed by atoms with Crippen LogP contribution in [-0.4, -0.2) is 0 Å². The molecule has 94 valence electrons. The van der Waals surface area contributed by atoms with Crippen LogP contribution in [0.15, 0.2) is 45.3 Å². The minimum Gasteiger partial charge on any atom is -0.320 e. The zero-order chi connectivity index (χ0) is 13.3. The summed E-state index contributed by atoms with van der Waals surface area (Å²) in [5, 5.41) is 0.504. The summed E-state index contributed by atoms with van der Waals surface area (Å²) in [5.41, 5.74) is 7.18. The molecule has 0 amide bonds. The summed E-state index contributed by atoms with van der Waals surface area (Å²) in [6.07, 6.45) is 0. The van der Waals surface area contributed by atoms with Crippen molar-refractivity contribution >= 4 is 43.5 Å². The number of benzene rings is 2. The van der Waals surface area contributed by atoms with Gasteiger partial charge in [0, 0.05) is 10.0 Å². The summed E-state index contributed by atoms with van der Waals surface area (Å²) in [5.74, 6) is -0.360. The lowest BCUT2D eigenvalue weighted by atomic mass is 9.99. The van der Waals surface area contributed by atoms with Crippen LogP contribution in [0.1, 0.15) is 17.2 Å². The molecule has 0 bridgehead atoms. The van der Waals surface area contributed by atoms with E-state index in [2.05, 4.69) is 31.9 Å². The topological polar surface area (TPSA) is 26.0 Å². The molecule has 0 aliphatic rings. The second kappa shape index (κ2) is 5.70. The van der Waals surface area contributed by atoms with E-state index in [0.29, 0.717) is 20.6 Å². The Kier molecular flexibility index (Phi) is 4.43. The van der Waals surface area contributed by atoms with Gasteiger partial charge in [-0.3, -0.25) is 0 Å². The van der Waals surface area contributed by atoms with Crippen LogP contribution in [0.4, 0.5) is 4.39 Å². The van der Waals surface area contributed by atoms with E-state index in [0.717, 1.165) is 4.47 Å². The Morgan fingerprint density at radius 2 is 1.56 bits per heavy atom. The minimum absolute atomic E-state index is 0.360. The van der Waals surface area contributed by atoms with Crippen molar-refractivity contribution in [2.75, 3.05) is 0 Å². The molecule has 0 aliphatic heterocycles. The van der Waals surface area contributed by atoms with Gasteiger partial charge in [0.1, 0.15) is 5.82 Å². The maximum absolute atomic E-state index is 14.0. The van der Waals surface area contributed by atoms with Crippen LogP contribution in [-0.2, 0) is 0 Å². The van der Waals surface area contributed by atoms with Crippen molar-refractivity contribution in [3.8, 4) is 0 Å². The standard InChI is InChI=1S/C13H9Br2ClFN/c14-9-5-1-3-7(11(9)16)13(18)8-4-2-6-10(15)12(8)17/h1-6,13H,18H2. The number of halogens is 4. The maximum atomic E-state index is 14.0. The van der Waals surface area contributed by atoms with Gasteiger partial charge in [-0.05, 0) is 49.6 Å². The van der Waals surface area contributed by atoms with Crippen molar-refractivity contribution in [2.24, 2.45) is 5.73 Å². The highest BCUT2D eigenvalue weighted by Gasteiger charge is 2.18. The third kappa shape index (κ3) is 2.62. The van der Waals surface area contributed by atoms with E-state index in [1.165, 1.54) is 0 Å². The third-order valence-electron chi connectivity index (χ3n) is 2.63. The molecule has 2 aromatic carbocycles. The molecule has 1 unspecified atom stereocenters. The van der Waals surface area contributed by atoms with Gasteiger partial charge in [0.05, 0.1) is 15.5 Å². The molecule has 1 nitrogen and oxygen atoms in total. The molecule has 2 rings (SSSR count). The summed E-state index contributed by atoms with van der Waals surface area (Å²) < 4.78 is 15.1. The minimum atomic E-state index is -0.604. The Morgan fingerprint density at radius 1 is 1.00 bits per heavy atom. The van der Waals surface area contributed by atoms with E-state index in [1.54, 1.807) is 24.3 Å². The van der Waals surface area contributed by atoms with Crippen LogP contribution in [0.2, 0.25) is 5.02 Å². The van der Waals surface area contributed by atoms with E-state index in [4.69, 9.17) is 17.3 Å². The second-order valence-corrected chi connectivity index (χ2v) is 5.85. The molecule has 0 fully saturated rings. The highest BCUT2D eigenvalue weighted by Crippen LogP contribution is 2.34. The Balaban J connectivity index is 2.51. The Hall–Kier alpha value is -0.420. The zero-order valence-corrected chi connectivity index (χ0v) is 13.1. The summed E-state index contributed by atoms with van der Waals surface area (Å²) in [6.45, 7) is 0. The smallest absolute Gasteiger partial charge is 0.142 e. The van der Waals surface area contributed by atoms with E-state index < -0.39 is 6.04 Å². The van der Waals surface area contributed by atoms with Gasteiger partial charge in [-0.15, -0.1) is 0 Å². The van der Waals surface area contributed by atoms with Gasteiger partial charge in [0.15, 0.2) is 0 Å². The summed E-state index contributed by atoms with van der Waals surface area (Å²) >= 11 is 12.6. The molecule has 2 aromatic rings. The van der Waals surface area contributed by atoms with Crippen molar-refractivity contribution < 1.29 is 4.39 Å². The summed E-state index contributed by atoms with van der Waals surface area (Å²) in [6, 6.07) is 9.85. The van der Waals surface area contributed by atoms with Crippen LogP contribution in [0.5, 0.6) is 0 Å². The van der Waals surface area contributed by atoms with Crippen molar-refractivity contribution in [1.82, 2.24) is 0 Å². The Morgan fingerprint density at radius 3 is 2.22 bits per heavy atom.